The molecule has 3 heterocycles. The highest BCUT2D eigenvalue weighted by Crippen LogP contribution is 2.59. The van der Waals surface area contributed by atoms with Gasteiger partial charge in [-0.1, -0.05) is 39.3 Å². The second-order valence-electron chi connectivity index (χ2n) is 11.6. The molecule has 7 atom stereocenters. The average molecular weight is 562 g/mol. The third-order valence-corrected chi connectivity index (χ3v) is 8.48. The standard InChI is InChI=1S/C30H47N3O7/c1-7-10-12-23(35)31-17-20(6)39-29(38)24-22-13-14-30(40-22)25(24)27(36)33(21(18-34)19(4)5)26(30)28(37)32(15-9-3)16-11-8-2/h7,9,19-22,24-26,34H,1,3,8,10-18H2,2,4-6H3,(H,31,35)/t20-,21-,22-,24+,25+,26-,30+/m0/s1. The first-order chi connectivity index (χ1) is 19.1. The fraction of sp³-hybridized carbons (Fsp3) is 0.733. The molecule has 2 bridgehead atoms. The van der Waals surface area contributed by atoms with Crippen LogP contribution < -0.4 is 5.32 Å². The summed E-state index contributed by atoms with van der Waals surface area (Å²) >= 11 is 0. The zero-order valence-corrected chi connectivity index (χ0v) is 24.5. The fourth-order valence-corrected chi connectivity index (χ4v) is 6.48. The minimum atomic E-state index is -1.17. The number of allylic oxidation sites excluding steroid dienone is 1. The van der Waals surface area contributed by atoms with Crippen molar-refractivity contribution in [2.75, 3.05) is 26.2 Å². The van der Waals surface area contributed by atoms with Gasteiger partial charge in [0.15, 0.2) is 0 Å². The van der Waals surface area contributed by atoms with Gasteiger partial charge >= 0.3 is 5.97 Å². The molecule has 0 aliphatic carbocycles. The van der Waals surface area contributed by atoms with Gasteiger partial charge in [-0.25, -0.2) is 0 Å². The number of unbranched alkanes of at least 4 members (excludes halogenated alkanes) is 1. The maximum absolute atomic E-state index is 14.2. The summed E-state index contributed by atoms with van der Waals surface area (Å²) < 4.78 is 12.2. The number of rotatable bonds is 16. The van der Waals surface area contributed by atoms with Gasteiger partial charge in [-0.05, 0) is 38.5 Å². The molecular weight excluding hydrogens is 514 g/mol. The van der Waals surface area contributed by atoms with Gasteiger partial charge in [-0.15, -0.1) is 13.2 Å². The van der Waals surface area contributed by atoms with E-state index in [1.54, 1.807) is 24.0 Å². The van der Waals surface area contributed by atoms with Crippen LogP contribution in [0.1, 0.15) is 66.2 Å². The molecule has 40 heavy (non-hydrogen) atoms. The number of aliphatic hydroxyl groups is 1. The number of hydrogen-bond acceptors (Lipinski definition) is 7. The van der Waals surface area contributed by atoms with E-state index < -0.39 is 47.7 Å². The maximum atomic E-state index is 14.2. The van der Waals surface area contributed by atoms with E-state index >= 15 is 0 Å². The molecule has 3 fully saturated rings. The lowest BCUT2D eigenvalue weighted by Gasteiger charge is -2.40. The molecule has 3 amide bonds. The Kier molecular flexibility index (Phi) is 10.9. The zero-order valence-electron chi connectivity index (χ0n) is 24.5. The number of likely N-dealkylation sites (tertiary alicyclic amines) is 1. The third kappa shape index (κ3) is 6.12. The summed E-state index contributed by atoms with van der Waals surface area (Å²) in [7, 11) is 0. The minimum absolute atomic E-state index is 0.129. The highest BCUT2D eigenvalue weighted by atomic mass is 16.6. The van der Waals surface area contributed by atoms with Crippen molar-refractivity contribution in [3.63, 3.8) is 0 Å². The Morgan fingerprint density at radius 1 is 1.27 bits per heavy atom. The zero-order chi connectivity index (χ0) is 29.6. The number of ether oxygens (including phenoxy) is 2. The number of fused-ring (bicyclic) bond motifs is 1. The van der Waals surface area contributed by atoms with Crippen molar-refractivity contribution in [2.45, 2.75) is 96.1 Å². The number of carbonyl (C=O) groups excluding carboxylic acids is 4. The monoisotopic (exact) mass is 561 g/mol. The van der Waals surface area contributed by atoms with E-state index in [4.69, 9.17) is 9.47 Å². The van der Waals surface area contributed by atoms with E-state index in [2.05, 4.69) is 18.5 Å². The van der Waals surface area contributed by atoms with Gasteiger partial charge in [0.05, 0.1) is 37.1 Å². The predicted molar refractivity (Wildman–Crippen MR) is 150 cm³/mol. The Hall–Kier alpha value is -2.72. The molecule has 0 saturated carbocycles. The van der Waals surface area contributed by atoms with Crippen LogP contribution in [0, 0.1) is 17.8 Å². The quantitative estimate of drug-likeness (QED) is 0.219. The van der Waals surface area contributed by atoms with Crippen molar-refractivity contribution in [3.8, 4) is 0 Å². The number of carbonyl (C=O) groups is 4. The van der Waals surface area contributed by atoms with E-state index in [0.717, 1.165) is 12.8 Å². The first-order valence-corrected chi connectivity index (χ1v) is 14.7. The van der Waals surface area contributed by atoms with Crippen LogP contribution in [0.2, 0.25) is 0 Å². The van der Waals surface area contributed by atoms with Gasteiger partial charge in [-0.2, -0.15) is 0 Å². The summed E-state index contributed by atoms with van der Waals surface area (Å²) in [6.45, 7) is 15.6. The first kappa shape index (κ1) is 31.8. The van der Waals surface area contributed by atoms with Gasteiger partial charge in [0.25, 0.3) is 0 Å². The topological polar surface area (TPSA) is 125 Å². The Morgan fingerprint density at radius 2 is 2.00 bits per heavy atom. The smallest absolute Gasteiger partial charge is 0.312 e. The molecule has 10 nitrogen and oxygen atoms in total. The Bertz CT molecular complexity index is 969. The summed E-state index contributed by atoms with van der Waals surface area (Å²) in [6.07, 6.45) is 5.71. The average Bonchev–Trinajstić information content (AvgIpc) is 3.56. The van der Waals surface area contributed by atoms with Crippen LogP contribution in [0.3, 0.4) is 0 Å². The Morgan fingerprint density at radius 3 is 2.60 bits per heavy atom. The van der Waals surface area contributed by atoms with Crippen LogP contribution in [0.4, 0.5) is 0 Å². The SMILES string of the molecule is C=CCCC(=O)NC[C@H](C)OC(=O)[C@@H]1[C@@H]2CC[C@]3(O2)[C@H](C(=O)N(CC=C)CCCC)N([C@@H](CO)C(C)C)C(=O)[C@@H]13. The number of hydrogen-bond donors (Lipinski definition) is 2. The summed E-state index contributed by atoms with van der Waals surface area (Å²) in [5.41, 5.74) is -1.17. The molecule has 1 spiro atoms. The van der Waals surface area contributed by atoms with Crippen molar-refractivity contribution < 1.29 is 33.8 Å². The van der Waals surface area contributed by atoms with Crippen molar-refractivity contribution in [1.29, 1.82) is 0 Å². The molecule has 0 unspecified atom stereocenters. The van der Waals surface area contributed by atoms with Crippen molar-refractivity contribution in [2.24, 2.45) is 17.8 Å². The Labute approximate surface area is 238 Å². The molecule has 0 aromatic rings. The number of amides is 3. The van der Waals surface area contributed by atoms with Gasteiger partial charge < -0.3 is 29.7 Å². The molecule has 3 aliphatic heterocycles. The van der Waals surface area contributed by atoms with Crippen molar-refractivity contribution >= 4 is 23.7 Å². The Balaban J connectivity index is 1.89. The molecule has 3 rings (SSSR count). The van der Waals surface area contributed by atoms with E-state index in [1.807, 2.05) is 20.8 Å². The van der Waals surface area contributed by atoms with E-state index in [-0.39, 0.29) is 36.8 Å². The van der Waals surface area contributed by atoms with E-state index in [0.29, 0.717) is 38.8 Å². The van der Waals surface area contributed by atoms with Gasteiger partial charge in [0, 0.05) is 19.5 Å². The molecule has 3 aliphatic rings. The lowest BCUT2D eigenvalue weighted by molar-refractivity contribution is -0.160. The van der Waals surface area contributed by atoms with E-state index in [1.165, 1.54) is 4.90 Å². The molecule has 224 valence electrons. The van der Waals surface area contributed by atoms with Gasteiger partial charge in [-0.3, -0.25) is 19.2 Å². The van der Waals surface area contributed by atoms with Crippen LogP contribution in [-0.2, 0) is 28.7 Å². The van der Waals surface area contributed by atoms with E-state index in [9.17, 15) is 24.3 Å². The minimum Gasteiger partial charge on any atom is -0.460 e. The molecule has 0 aromatic heterocycles. The van der Waals surface area contributed by atoms with Gasteiger partial charge in [0.1, 0.15) is 17.7 Å². The second-order valence-corrected chi connectivity index (χ2v) is 11.6. The second kappa shape index (κ2) is 13.8. The van der Waals surface area contributed by atoms with Crippen LogP contribution in [0.5, 0.6) is 0 Å². The highest BCUT2D eigenvalue weighted by molar-refractivity contribution is 5.98. The third-order valence-electron chi connectivity index (χ3n) is 8.48. The van der Waals surface area contributed by atoms with Crippen molar-refractivity contribution in [3.05, 3.63) is 25.3 Å². The molecule has 2 N–H and O–H groups in total. The number of aliphatic hydroxyl groups excluding tert-OH is 1. The van der Waals surface area contributed by atoms with Crippen LogP contribution in [0.15, 0.2) is 25.3 Å². The summed E-state index contributed by atoms with van der Waals surface area (Å²) in [6, 6.07) is -1.56. The molecule has 0 aromatic carbocycles. The molecule has 0 radical (unpaired) electrons. The largest absolute Gasteiger partial charge is 0.460 e. The predicted octanol–water partition coefficient (Wildman–Crippen LogP) is 2.21. The summed E-state index contributed by atoms with van der Waals surface area (Å²) in [5.74, 6) is -3.20. The summed E-state index contributed by atoms with van der Waals surface area (Å²) in [5, 5.41) is 13.1. The van der Waals surface area contributed by atoms with Crippen LogP contribution in [0.25, 0.3) is 0 Å². The highest BCUT2D eigenvalue weighted by Gasteiger charge is 2.75. The molecular formula is C30H47N3O7. The molecule has 10 heteroatoms. The first-order valence-electron chi connectivity index (χ1n) is 14.7. The van der Waals surface area contributed by atoms with Crippen LogP contribution >= 0.6 is 0 Å². The molecule has 3 saturated heterocycles. The van der Waals surface area contributed by atoms with Gasteiger partial charge in [0.2, 0.25) is 17.7 Å². The van der Waals surface area contributed by atoms with Crippen LogP contribution in [-0.4, -0.2) is 94.7 Å². The maximum Gasteiger partial charge on any atom is 0.312 e. The number of nitrogens with zero attached hydrogens (tertiary/aromatic N) is 2. The lowest BCUT2D eigenvalue weighted by atomic mass is 9.70. The summed E-state index contributed by atoms with van der Waals surface area (Å²) in [4.78, 5) is 57.1. The lowest BCUT2D eigenvalue weighted by Crippen LogP contribution is -2.59. The normalized spacial score (nSPS) is 28.2. The number of esters is 1. The fourth-order valence-electron chi connectivity index (χ4n) is 6.48. The number of nitrogens with one attached hydrogen (secondary N) is 1. The van der Waals surface area contributed by atoms with Crippen molar-refractivity contribution in [1.82, 2.24) is 15.1 Å².